The number of nitrogens with one attached hydrogen (secondary N) is 1. The van der Waals surface area contributed by atoms with Crippen molar-refractivity contribution >= 4 is 0 Å². The largest absolute Gasteiger partial charge is 0.308 e. The normalized spacial score (nSPS) is 36.0. The molecule has 0 spiro atoms. The maximum absolute atomic E-state index is 12.8. The van der Waals surface area contributed by atoms with Crippen LogP contribution >= 0.6 is 0 Å². The van der Waals surface area contributed by atoms with Crippen molar-refractivity contribution in [3.63, 3.8) is 0 Å². The minimum atomic E-state index is -2.25. The number of nitrogens with zero attached hydrogens (tertiary/aromatic N) is 1. The molecule has 1 heterocycles. The first-order valence-electron chi connectivity index (χ1n) is 4.89. The van der Waals surface area contributed by atoms with Gasteiger partial charge in [-0.15, -0.1) is 0 Å². The van der Waals surface area contributed by atoms with Crippen LogP contribution in [-0.2, 0) is 0 Å². The van der Waals surface area contributed by atoms with Crippen LogP contribution in [0.2, 0.25) is 0 Å². The second kappa shape index (κ2) is 3.17. The highest BCUT2D eigenvalue weighted by Gasteiger charge is 2.47. The molecule has 0 radical (unpaired) electrons. The van der Waals surface area contributed by atoms with Crippen LogP contribution in [-0.4, -0.2) is 43.0 Å². The molecule has 2 aliphatic rings. The van der Waals surface area contributed by atoms with Crippen molar-refractivity contribution in [2.24, 2.45) is 0 Å². The second-order valence-corrected chi connectivity index (χ2v) is 4.16. The summed E-state index contributed by atoms with van der Waals surface area (Å²) in [7, 11) is 1.64. The Bertz CT molecular complexity index is 194. The fraction of sp³-hybridized carbons (Fsp3) is 1.00. The van der Waals surface area contributed by atoms with Crippen molar-refractivity contribution in [3.8, 4) is 0 Å². The lowest BCUT2D eigenvalue weighted by Gasteiger charge is -2.28. The van der Waals surface area contributed by atoms with Crippen molar-refractivity contribution in [2.75, 3.05) is 20.1 Å². The SMILES string of the molecule is CNC1(C(F)F)CCN(C2CC2)C1. The smallest absolute Gasteiger partial charge is 0.257 e. The van der Waals surface area contributed by atoms with Crippen molar-refractivity contribution in [1.82, 2.24) is 10.2 Å². The zero-order chi connectivity index (χ0) is 9.47. The van der Waals surface area contributed by atoms with Gasteiger partial charge in [-0.05, 0) is 26.3 Å². The van der Waals surface area contributed by atoms with Gasteiger partial charge in [-0.2, -0.15) is 0 Å². The summed E-state index contributed by atoms with van der Waals surface area (Å²) in [5, 5.41) is 2.80. The zero-order valence-electron chi connectivity index (χ0n) is 7.89. The second-order valence-electron chi connectivity index (χ2n) is 4.16. The summed E-state index contributed by atoms with van der Waals surface area (Å²) in [5.74, 6) is 0. The van der Waals surface area contributed by atoms with Crippen molar-refractivity contribution < 1.29 is 8.78 Å². The van der Waals surface area contributed by atoms with Gasteiger partial charge >= 0.3 is 0 Å². The molecule has 76 valence electrons. The number of rotatable bonds is 3. The van der Waals surface area contributed by atoms with Gasteiger partial charge in [-0.3, -0.25) is 4.90 Å². The average Bonchev–Trinajstić information content (AvgIpc) is 2.85. The van der Waals surface area contributed by atoms with Gasteiger partial charge in [-0.25, -0.2) is 8.78 Å². The van der Waals surface area contributed by atoms with E-state index in [4.69, 9.17) is 0 Å². The molecule has 1 N–H and O–H groups in total. The Balaban J connectivity index is 1.99. The molecule has 1 aliphatic carbocycles. The van der Waals surface area contributed by atoms with Crippen LogP contribution in [0.4, 0.5) is 8.78 Å². The first kappa shape index (κ1) is 9.34. The summed E-state index contributed by atoms with van der Waals surface area (Å²) >= 11 is 0. The van der Waals surface area contributed by atoms with E-state index in [0.717, 1.165) is 6.54 Å². The van der Waals surface area contributed by atoms with Crippen LogP contribution < -0.4 is 5.32 Å². The predicted octanol–water partition coefficient (Wildman–Crippen LogP) is 1.08. The van der Waals surface area contributed by atoms with E-state index in [-0.39, 0.29) is 0 Å². The standard InChI is InChI=1S/C9H16F2N2/c1-12-9(8(10)11)4-5-13(6-9)7-2-3-7/h7-8,12H,2-6H2,1H3. The third-order valence-electron chi connectivity index (χ3n) is 3.31. The maximum Gasteiger partial charge on any atom is 0.257 e. The third kappa shape index (κ3) is 1.57. The molecule has 2 nitrogen and oxygen atoms in total. The molecule has 4 heteroatoms. The minimum absolute atomic E-state index is 0.520. The molecule has 1 saturated carbocycles. The Morgan fingerprint density at radius 2 is 2.15 bits per heavy atom. The van der Waals surface area contributed by atoms with E-state index < -0.39 is 12.0 Å². The predicted molar refractivity (Wildman–Crippen MR) is 47.0 cm³/mol. The summed E-state index contributed by atoms with van der Waals surface area (Å²) in [6.07, 6.45) is 0.727. The van der Waals surface area contributed by atoms with E-state index in [2.05, 4.69) is 10.2 Å². The maximum atomic E-state index is 12.8. The molecule has 0 bridgehead atoms. The van der Waals surface area contributed by atoms with E-state index in [9.17, 15) is 8.78 Å². The van der Waals surface area contributed by atoms with Crippen molar-refractivity contribution in [3.05, 3.63) is 0 Å². The van der Waals surface area contributed by atoms with E-state index in [0.29, 0.717) is 19.0 Å². The highest BCUT2D eigenvalue weighted by molar-refractivity contribution is 5.02. The van der Waals surface area contributed by atoms with Crippen LogP contribution in [0.5, 0.6) is 0 Å². The monoisotopic (exact) mass is 190 g/mol. The fourth-order valence-electron chi connectivity index (χ4n) is 2.11. The Hall–Kier alpha value is -0.220. The molecule has 2 fully saturated rings. The van der Waals surface area contributed by atoms with Crippen LogP contribution in [0.25, 0.3) is 0 Å². The average molecular weight is 190 g/mol. The van der Waals surface area contributed by atoms with E-state index in [1.807, 2.05) is 0 Å². The number of hydrogen-bond donors (Lipinski definition) is 1. The van der Waals surface area contributed by atoms with Gasteiger partial charge in [0.15, 0.2) is 0 Å². The van der Waals surface area contributed by atoms with E-state index in [1.54, 1.807) is 7.05 Å². The van der Waals surface area contributed by atoms with Crippen LogP contribution in [0.1, 0.15) is 19.3 Å². The molecule has 1 unspecified atom stereocenters. The van der Waals surface area contributed by atoms with Gasteiger partial charge < -0.3 is 5.32 Å². The molecule has 0 aromatic carbocycles. The fourth-order valence-corrected chi connectivity index (χ4v) is 2.11. The van der Waals surface area contributed by atoms with Crippen molar-refractivity contribution in [2.45, 2.75) is 37.3 Å². The number of halogens is 2. The summed E-state index contributed by atoms with van der Waals surface area (Å²) in [5.41, 5.74) is -0.928. The topological polar surface area (TPSA) is 15.3 Å². The lowest BCUT2D eigenvalue weighted by molar-refractivity contribution is 0.0387. The summed E-state index contributed by atoms with van der Waals surface area (Å²) in [4.78, 5) is 2.20. The van der Waals surface area contributed by atoms with E-state index in [1.165, 1.54) is 12.8 Å². The molecule has 2 rings (SSSR count). The molecule has 0 aromatic heterocycles. The van der Waals surface area contributed by atoms with Gasteiger partial charge in [0, 0.05) is 19.1 Å². The van der Waals surface area contributed by atoms with Gasteiger partial charge in [0.25, 0.3) is 6.43 Å². The quantitative estimate of drug-likeness (QED) is 0.716. The van der Waals surface area contributed by atoms with Gasteiger partial charge in [0.05, 0.1) is 5.54 Å². The minimum Gasteiger partial charge on any atom is -0.308 e. The highest BCUT2D eigenvalue weighted by Crippen LogP contribution is 2.35. The zero-order valence-corrected chi connectivity index (χ0v) is 7.89. The number of alkyl halides is 2. The number of hydrogen-bond acceptors (Lipinski definition) is 2. The summed E-state index contributed by atoms with van der Waals surface area (Å²) in [6, 6.07) is 0.606. The Morgan fingerprint density at radius 1 is 1.46 bits per heavy atom. The van der Waals surface area contributed by atoms with Crippen molar-refractivity contribution in [1.29, 1.82) is 0 Å². The Kier molecular flexibility index (Phi) is 2.28. The summed E-state index contributed by atoms with van der Waals surface area (Å²) < 4.78 is 25.5. The molecular weight excluding hydrogens is 174 g/mol. The Morgan fingerprint density at radius 3 is 2.54 bits per heavy atom. The first-order chi connectivity index (χ1) is 6.18. The molecule has 0 aromatic rings. The summed E-state index contributed by atoms with van der Waals surface area (Å²) in [6.45, 7) is 1.35. The first-order valence-corrected chi connectivity index (χ1v) is 4.89. The van der Waals surface area contributed by atoms with Gasteiger partial charge in [-0.1, -0.05) is 0 Å². The molecule has 1 aliphatic heterocycles. The molecule has 0 amide bonds. The molecule has 1 saturated heterocycles. The number of likely N-dealkylation sites (tertiary alicyclic amines) is 1. The van der Waals surface area contributed by atoms with Crippen LogP contribution in [0.3, 0.4) is 0 Å². The molecule has 13 heavy (non-hydrogen) atoms. The third-order valence-corrected chi connectivity index (χ3v) is 3.31. The molecular formula is C9H16F2N2. The van der Waals surface area contributed by atoms with Gasteiger partial charge in [0.2, 0.25) is 0 Å². The van der Waals surface area contributed by atoms with Crippen LogP contribution in [0, 0.1) is 0 Å². The van der Waals surface area contributed by atoms with Crippen LogP contribution in [0.15, 0.2) is 0 Å². The highest BCUT2D eigenvalue weighted by atomic mass is 19.3. The lowest BCUT2D eigenvalue weighted by atomic mass is 10.00. The van der Waals surface area contributed by atoms with E-state index >= 15 is 0 Å². The molecule has 1 atom stereocenters. The number of likely N-dealkylation sites (N-methyl/N-ethyl adjacent to an activating group) is 1. The lowest BCUT2D eigenvalue weighted by Crippen LogP contribution is -2.51. The van der Waals surface area contributed by atoms with Gasteiger partial charge in [0.1, 0.15) is 0 Å². The Labute approximate surface area is 77.3 Å².